The molecule has 372 valence electrons. The summed E-state index contributed by atoms with van der Waals surface area (Å²) >= 11 is 0. The zero-order valence-corrected chi connectivity index (χ0v) is 42.6. The summed E-state index contributed by atoms with van der Waals surface area (Å²) in [7, 11) is 0. The molecule has 0 heterocycles. The van der Waals surface area contributed by atoms with Crippen molar-refractivity contribution < 1.29 is 28.6 Å². The van der Waals surface area contributed by atoms with Crippen molar-refractivity contribution in [3.63, 3.8) is 0 Å². The Bertz CT molecular complexity index is 1120. The van der Waals surface area contributed by atoms with E-state index < -0.39 is 6.10 Å². The van der Waals surface area contributed by atoms with E-state index in [0.717, 1.165) is 77.0 Å². The first-order chi connectivity index (χ1) is 31.5. The van der Waals surface area contributed by atoms with Crippen LogP contribution in [0.15, 0.2) is 48.6 Å². The van der Waals surface area contributed by atoms with Crippen LogP contribution in [-0.4, -0.2) is 37.2 Å². The second-order valence-corrected chi connectivity index (χ2v) is 18.5. The van der Waals surface area contributed by atoms with Crippen molar-refractivity contribution in [2.45, 2.75) is 290 Å². The maximum Gasteiger partial charge on any atom is 0.306 e. The lowest BCUT2D eigenvalue weighted by atomic mass is 10.1. The van der Waals surface area contributed by atoms with Gasteiger partial charge in [-0.1, -0.05) is 230 Å². The summed E-state index contributed by atoms with van der Waals surface area (Å²) in [6.45, 7) is 6.57. The highest BCUT2D eigenvalue weighted by atomic mass is 16.6. The molecule has 1 unspecified atom stereocenters. The Morgan fingerprint density at radius 3 is 0.891 bits per heavy atom. The normalized spacial score (nSPS) is 12.4. The first kappa shape index (κ1) is 61.4. The number of carbonyl (C=O) groups is 3. The quantitative estimate of drug-likeness (QED) is 0.0262. The molecule has 0 saturated heterocycles. The van der Waals surface area contributed by atoms with E-state index in [-0.39, 0.29) is 31.1 Å². The number of hydrogen-bond donors (Lipinski definition) is 0. The van der Waals surface area contributed by atoms with Crippen molar-refractivity contribution >= 4 is 17.9 Å². The predicted molar refractivity (Wildman–Crippen MR) is 275 cm³/mol. The monoisotopic (exact) mass is 897 g/mol. The molecule has 0 bridgehead atoms. The molecule has 0 radical (unpaired) electrons. The van der Waals surface area contributed by atoms with Crippen molar-refractivity contribution in [2.24, 2.45) is 0 Å². The highest BCUT2D eigenvalue weighted by Gasteiger charge is 2.19. The van der Waals surface area contributed by atoms with Gasteiger partial charge in [0.15, 0.2) is 6.10 Å². The van der Waals surface area contributed by atoms with Crippen LogP contribution in [0.3, 0.4) is 0 Å². The Morgan fingerprint density at radius 2 is 0.562 bits per heavy atom. The average Bonchev–Trinajstić information content (AvgIpc) is 3.29. The average molecular weight is 897 g/mol. The molecule has 0 aliphatic heterocycles. The zero-order chi connectivity index (χ0) is 46.5. The highest BCUT2D eigenvalue weighted by Crippen LogP contribution is 2.15. The van der Waals surface area contributed by atoms with Gasteiger partial charge < -0.3 is 14.2 Å². The second-order valence-electron chi connectivity index (χ2n) is 18.5. The van der Waals surface area contributed by atoms with Crippen LogP contribution < -0.4 is 0 Å². The molecule has 0 aromatic carbocycles. The van der Waals surface area contributed by atoms with Gasteiger partial charge in [0.1, 0.15) is 13.2 Å². The Hall–Kier alpha value is -2.63. The first-order valence-corrected chi connectivity index (χ1v) is 27.6. The summed E-state index contributed by atoms with van der Waals surface area (Å²) in [5.41, 5.74) is 0. The van der Waals surface area contributed by atoms with Crippen LogP contribution >= 0.6 is 0 Å². The molecule has 0 aromatic rings. The van der Waals surface area contributed by atoms with Crippen molar-refractivity contribution in [3.05, 3.63) is 48.6 Å². The standard InChI is InChI=1S/C58H104O6/c1-4-7-10-13-16-18-20-22-24-26-27-28-29-30-31-33-34-36-38-40-42-45-48-51-57(60)63-54-55(53-62-56(59)50-47-44-15-12-9-6-3)64-58(61)52-49-46-43-41-39-37-35-32-25-23-21-19-17-14-11-8-5-2/h20,22-23,25-27,29-30,55H,4-19,21,24,28,31-54H2,1-3H3/b22-20-,25-23-,27-26-,30-29-. The van der Waals surface area contributed by atoms with Crippen molar-refractivity contribution in [1.29, 1.82) is 0 Å². The number of hydrogen-bond acceptors (Lipinski definition) is 6. The lowest BCUT2D eigenvalue weighted by Crippen LogP contribution is -2.30. The van der Waals surface area contributed by atoms with Gasteiger partial charge in [-0.2, -0.15) is 0 Å². The van der Waals surface area contributed by atoms with E-state index >= 15 is 0 Å². The fourth-order valence-corrected chi connectivity index (χ4v) is 7.86. The van der Waals surface area contributed by atoms with Crippen LogP contribution in [0.1, 0.15) is 284 Å². The van der Waals surface area contributed by atoms with Gasteiger partial charge in [-0.15, -0.1) is 0 Å². The topological polar surface area (TPSA) is 78.9 Å². The Labute approximate surface area is 397 Å². The number of esters is 3. The highest BCUT2D eigenvalue weighted by molar-refractivity contribution is 5.71. The van der Waals surface area contributed by atoms with E-state index in [9.17, 15) is 14.4 Å². The van der Waals surface area contributed by atoms with E-state index in [1.807, 2.05) is 0 Å². The van der Waals surface area contributed by atoms with Crippen molar-refractivity contribution in [3.8, 4) is 0 Å². The molecule has 0 aromatic heterocycles. The van der Waals surface area contributed by atoms with E-state index in [1.54, 1.807) is 0 Å². The largest absolute Gasteiger partial charge is 0.462 e. The summed E-state index contributed by atoms with van der Waals surface area (Å²) in [6.07, 6.45) is 64.1. The van der Waals surface area contributed by atoms with Crippen LogP contribution in [-0.2, 0) is 28.6 Å². The van der Waals surface area contributed by atoms with Crippen LogP contribution in [0.4, 0.5) is 0 Å². The number of ether oxygens (including phenoxy) is 3. The molecule has 1 atom stereocenters. The van der Waals surface area contributed by atoms with Crippen molar-refractivity contribution in [2.75, 3.05) is 13.2 Å². The molecule has 0 aliphatic rings. The molecule has 6 nitrogen and oxygen atoms in total. The number of allylic oxidation sites excluding steroid dienone is 8. The minimum Gasteiger partial charge on any atom is -0.462 e. The molecule has 0 spiro atoms. The second kappa shape index (κ2) is 53.0. The summed E-state index contributed by atoms with van der Waals surface area (Å²) in [5.74, 6) is -0.889. The lowest BCUT2D eigenvalue weighted by Gasteiger charge is -2.18. The summed E-state index contributed by atoms with van der Waals surface area (Å²) in [6, 6.07) is 0. The fourth-order valence-electron chi connectivity index (χ4n) is 7.86. The summed E-state index contributed by atoms with van der Waals surface area (Å²) < 4.78 is 16.7. The maximum atomic E-state index is 12.8. The van der Waals surface area contributed by atoms with Gasteiger partial charge in [-0.25, -0.2) is 0 Å². The molecule has 0 aliphatic carbocycles. The minimum absolute atomic E-state index is 0.0764. The molecule has 0 rings (SSSR count). The van der Waals surface area contributed by atoms with E-state index in [2.05, 4.69) is 69.4 Å². The fraction of sp³-hybridized carbons (Fsp3) is 0.810. The SMILES string of the molecule is CCCCCCC/C=C\C/C=C\C/C=C\CCCCCCCCCCC(=O)OCC(COC(=O)CCCCCCCC)OC(=O)CCCCCCCCC/C=C\CCCCCCCC. The molecular weight excluding hydrogens is 793 g/mol. The third-order valence-electron chi connectivity index (χ3n) is 12.1. The number of rotatable bonds is 50. The molecule has 64 heavy (non-hydrogen) atoms. The maximum absolute atomic E-state index is 12.8. The Balaban J connectivity index is 4.17. The van der Waals surface area contributed by atoms with Crippen LogP contribution in [0, 0.1) is 0 Å². The minimum atomic E-state index is -0.774. The van der Waals surface area contributed by atoms with Gasteiger partial charge in [-0.05, 0) is 83.5 Å². The molecule has 0 amide bonds. The molecular formula is C58H104O6. The van der Waals surface area contributed by atoms with Gasteiger partial charge in [0.05, 0.1) is 0 Å². The van der Waals surface area contributed by atoms with Crippen LogP contribution in [0.2, 0.25) is 0 Å². The van der Waals surface area contributed by atoms with E-state index in [4.69, 9.17) is 14.2 Å². The third-order valence-corrected chi connectivity index (χ3v) is 12.1. The molecule has 0 N–H and O–H groups in total. The summed E-state index contributed by atoms with van der Waals surface area (Å²) in [5, 5.41) is 0. The van der Waals surface area contributed by atoms with E-state index in [1.165, 1.54) is 167 Å². The Kier molecular flexibility index (Phi) is 50.8. The number of unbranched alkanes of at least 4 members (excludes halogenated alkanes) is 31. The third kappa shape index (κ3) is 50.4. The van der Waals surface area contributed by atoms with Gasteiger partial charge in [-0.3, -0.25) is 14.4 Å². The van der Waals surface area contributed by atoms with E-state index in [0.29, 0.717) is 19.3 Å². The van der Waals surface area contributed by atoms with Crippen molar-refractivity contribution in [1.82, 2.24) is 0 Å². The van der Waals surface area contributed by atoms with Crippen LogP contribution in [0.25, 0.3) is 0 Å². The zero-order valence-electron chi connectivity index (χ0n) is 42.6. The lowest BCUT2D eigenvalue weighted by molar-refractivity contribution is -0.167. The molecule has 0 saturated carbocycles. The van der Waals surface area contributed by atoms with Gasteiger partial charge in [0.25, 0.3) is 0 Å². The van der Waals surface area contributed by atoms with Gasteiger partial charge in [0, 0.05) is 19.3 Å². The smallest absolute Gasteiger partial charge is 0.306 e. The predicted octanol–water partition coefficient (Wildman–Crippen LogP) is 18.3. The van der Waals surface area contributed by atoms with Gasteiger partial charge >= 0.3 is 17.9 Å². The Morgan fingerprint density at radius 1 is 0.312 bits per heavy atom. The number of carbonyl (C=O) groups excluding carboxylic acids is 3. The van der Waals surface area contributed by atoms with Gasteiger partial charge in [0.2, 0.25) is 0 Å². The summed E-state index contributed by atoms with van der Waals surface area (Å²) in [4.78, 5) is 37.8. The first-order valence-electron chi connectivity index (χ1n) is 27.6. The molecule has 6 heteroatoms. The van der Waals surface area contributed by atoms with Crippen LogP contribution in [0.5, 0.6) is 0 Å². The molecule has 0 fully saturated rings.